The van der Waals surface area contributed by atoms with Crippen LogP contribution in [0.5, 0.6) is 0 Å². The van der Waals surface area contributed by atoms with Crippen LogP contribution in [-0.2, 0) is 14.8 Å². The number of sulfonamides is 1. The Balaban J connectivity index is 1.54. The number of carbonyl (C=O) groups is 1. The van der Waals surface area contributed by atoms with Gasteiger partial charge in [0.2, 0.25) is 15.9 Å². The largest absolute Gasteiger partial charge is 0.335 e. The van der Waals surface area contributed by atoms with Crippen LogP contribution in [0.2, 0.25) is 0 Å². The van der Waals surface area contributed by atoms with E-state index in [1.807, 2.05) is 4.90 Å². The van der Waals surface area contributed by atoms with Crippen LogP contribution >= 0.6 is 0 Å². The van der Waals surface area contributed by atoms with Crippen LogP contribution in [0, 0.1) is 5.82 Å². The summed E-state index contributed by atoms with van der Waals surface area (Å²) in [6.45, 7) is 2.05. The van der Waals surface area contributed by atoms with Crippen molar-refractivity contribution in [2.45, 2.75) is 49.1 Å². The third-order valence-corrected chi connectivity index (χ3v) is 7.20. The maximum Gasteiger partial charge on any atom is 0.242 e. The molecule has 2 fully saturated rings. The molecule has 3 rings (SSSR count). The van der Waals surface area contributed by atoms with Gasteiger partial charge in [-0.05, 0) is 56.5 Å². The number of carbonyl (C=O) groups excluding carboxylic acids is 1. The fourth-order valence-electron chi connectivity index (χ4n) is 3.88. The minimum Gasteiger partial charge on any atom is -0.335 e. The van der Waals surface area contributed by atoms with Crippen LogP contribution in [0.4, 0.5) is 4.39 Å². The van der Waals surface area contributed by atoms with Crippen molar-refractivity contribution in [2.75, 3.05) is 26.7 Å². The molecule has 0 aliphatic carbocycles. The number of halogens is 1. The van der Waals surface area contributed by atoms with E-state index in [1.54, 1.807) is 0 Å². The summed E-state index contributed by atoms with van der Waals surface area (Å²) in [5.74, 6) is -0.354. The van der Waals surface area contributed by atoms with Crippen molar-refractivity contribution in [3.8, 4) is 0 Å². The Morgan fingerprint density at radius 1 is 1.23 bits per heavy atom. The monoisotopic (exact) mass is 383 g/mol. The second-order valence-corrected chi connectivity index (χ2v) is 9.11. The highest BCUT2D eigenvalue weighted by Crippen LogP contribution is 2.28. The van der Waals surface area contributed by atoms with Crippen molar-refractivity contribution in [2.24, 2.45) is 0 Å². The van der Waals surface area contributed by atoms with Crippen LogP contribution in [0.15, 0.2) is 29.2 Å². The minimum absolute atomic E-state index is 0.0596. The van der Waals surface area contributed by atoms with Crippen molar-refractivity contribution in [1.29, 1.82) is 0 Å². The number of amides is 1. The average molecular weight is 383 g/mol. The molecule has 2 aliphatic rings. The molecular weight excluding hydrogens is 357 g/mol. The highest BCUT2D eigenvalue weighted by Gasteiger charge is 2.37. The molecule has 2 bridgehead atoms. The summed E-state index contributed by atoms with van der Waals surface area (Å²) in [7, 11) is -2.17. The molecule has 26 heavy (non-hydrogen) atoms. The molecule has 0 radical (unpaired) electrons. The Labute approximate surface area is 154 Å². The number of hydrogen-bond acceptors (Lipinski definition) is 4. The van der Waals surface area contributed by atoms with Gasteiger partial charge >= 0.3 is 0 Å². The van der Waals surface area contributed by atoms with Gasteiger partial charge in [0.1, 0.15) is 5.82 Å². The molecule has 144 valence electrons. The number of fused-ring (bicyclic) bond motifs is 2. The SMILES string of the molecule is CN(CCCC(=O)N1C2CCNCC1CC2)S(=O)(=O)c1ccc(F)cc1. The zero-order chi connectivity index (χ0) is 18.7. The van der Waals surface area contributed by atoms with Crippen LogP contribution in [-0.4, -0.2) is 62.3 Å². The van der Waals surface area contributed by atoms with Crippen LogP contribution in [0.1, 0.15) is 32.1 Å². The van der Waals surface area contributed by atoms with Gasteiger partial charge in [-0.2, -0.15) is 0 Å². The van der Waals surface area contributed by atoms with Gasteiger partial charge in [-0.1, -0.05) is 0 Å². The summed E-state index contributed by atoms with van der Waals surface area (Å²) >= 11 is 0. The van der Waals surface area contributed by atoms with Gasteiger partial charge in [0.15, 0.2) is 0 Å². The Bertz CT molecular complexity index is 725. The Kier molecular flexibility index (Phi) is 5.94. The van der Waals surface area contributed by atoms with Crippen LogP contribution in [0.25, 0.3) is 0 Å². The third kappa shape index (κ3) is 4.07. The first-order chi connectivity index (χ1) is 12.4. The van der Waals surface area contributed by atoms with E-state index in [1.165, 1.54) is 23.5 Å². The lowest BCUT2D eigenvalue weighted by molar-refractivity contribution is -0.133. The summed E-state index contributed by atoms with van der Waals surface area (Å²) in [5.41, 5.74) is 0. The Morgan fingerprint density at radius 2 is 1.92 bits per heavy atom. The molecule has 0 saturated carbocycles. The van der Waals surface area contributed by atoms with Gasteiger partial charge in [0, 0.05) is 38.6 Å². The fourth-order valence-corrected chi connectivity index (χ4v) is 5.09. The second kappa shape index (κ2) is 8.02. The smallest absolute Gasteiger partial charge is 0.242 e. The molecule has 2 unspecified atom stereocenters. The first-order valence-corrected chi connectivity index (χ1v) is 10.6. The normalized spacial score (nSPS) is 23.3. The highest BCUT2D eigenvalue weighted by molar-refractivity contribution is 7.89. The molecule has 2 aliphatic heterocycles. The molecule has 1 amide bonds. The van der Waals surface area contributed by atoms with Crippen LogP contribution < -0.4 is 5.32 Å². The number of benzene rings is 1. The maximum atomic E-state index is 13.0. The van der Waals surface area contributed by atoms with Gasteiger partial charge in [0.05, 0.1) is 4.90 Å². The van der Waals surface area contributed by atoms with Gasteiger partial charge < -0.3 is 10.2 Å². The second-order valence-electron chi connectivity index (χ2n) is 7.06. The van der Waals surface area contributed by atoms with E-state index >= 15 is 0 Å². The summed E-state index contributed by atoms with van der Waals surface area (Å²) < 4.78 is 39.2. The van der Waals surface area contributed by atoms with Crippen molar-refractivity contribution in [3.63, 3.8) is 0 Å². The van der Waals surface area contributed by atoms with E-state index in [0.717, 1.165) is 44.5 Å². The quantitative estimate of drug-likeness (QED) is 0.810. The molecule has 1 aromatic rings. The van der Waals surface area contributed by atoms with Gasteiger partial charge in [-0.3, -0.25) is 4.79 Å². The number of nitrogens with one attached hydrogen (secondary N) is 1. The predicted molar refractivity (Wildman–Crippen MR) is 96.6 cm³/mol. The van der Waals surface area contributed by atoms with Crippen molar-refractivity contribution < 1.29 is 17.6 Å². The average Bonchev–Trinajstić information content (AvgIpc) is 2.87. The highest BCUT2D eigenvalue weighted by atomic mass is 32.2. The van der Waals surface area contributed by atoms with Gasteiger partial charge in [-0.25, -0.2) is 17.1 Å². The molecule has 2 saturated heterocycles. The molecule has 2 atom stereocenters. The Hall–Kier alpha value is -1.51. The molecule has 1 aromatic carbocycles. The number of nitrogens with zero attached hydrogens (tertiary/aromatic N) is 2. The molecule has 0 aromatic heterocycles. The number of hydrogen-bond donors (Lipinski definition) is 1. The van der Waals surface area contributed by atoms with E-state index < -0.39 is 15.8 Å². The van der Waals surface area contributed by atoms with Crippen molar-refractivity contribution >= 4 is 15.9 Å². The van der Waals surface area contributed by atoms with E-state index in [4.69, 9.17) is 0 Å². The van der Waals surface area contributed by atoms with E-state index in [9.17, 15) is 17.6 Å². The summed E-state index contributed by atoms with van der Waals surface area (Å²) in [6, 6.07) is 5.38. The topological polar surface area (TPSA) is 69.7 Å². The lowest BCUT2D eigenvalue weighted by Gasteiger charge is -2.28. The fraction of sp³-hybridized carbons (Fsp3) is 0.611. The van der Waals surface area contributed by atoms with E-state index in [2.05, 4.69) is 5.32 Å². The lowest BCUT2D eigenvalue weighted by atomic mass is 10.1. The predicted octanol–water partition coefficient (Wildman–Crippen LogP) is 1.58. The first-order valence-electron chi connectivity index (χ1n) is 9.13. The zero-order valence-electron chi connectivity index (χ0n) is 15.0. The van der Waals surface area contributed by atoms with Crippen molar-refractivity contribution in [1.82, 2.24) is 14.5 Å². The lowest BCUT2D eigenvalue weighted by Crippen LogP contribution is -2.42. The summed E-state index contributed by atoms with van der Waals surface area (Å²) in [6.07, 6.45) is 3.91. The molecule has 1 N–H and O–H groups in total. The molecular formula is C18H26FN3O3S. The van der Waals surface area contributed by atoms with E-state index in [0.29, 0.717) is 18.9 Å². The Morgan fingerprint density at radius 3 is 2.65 bits per heavy atom. The zero-order valence-corrected chi connectivity index (χ0v) is 15.8. The van der Waals surface area contributed by atoms with Crippen LogP contribution in [0.3, 0.4) is 0 Å². The molecule has 2 heterocycles. The first kappa shape index (κ1) is 19.3. The standard InChI is InChI=1S/C18H26FN3O3S/c1-21(26(24,25)17-8-4-14(19)5-9-17)12-2-3-18(23)22-15-6-7-16(22)13-20-11-10-15/h4-5,8-9,15-16,20H,2-3,6-7,10-13H2,1H3. The van der Waals surface area contributed by atoms with Crippen molar-refractivity contribution in [3.05, 3.63) is 30.1 Å². The summed E-state index contributed by atoms with van der Waals surface area (Å²) in [5, 5.41) is 3.37. The minimum atomic E-state index is -3.66. The summed E-state index contributed by atoms with van der Waals surface area (Å²) in [4.78, 5) is 14.7. The molecule has 6 nitrogen and oxygen atoms in total. The van der Waals surface area contributed by atoms with Gasteiger partial charge in [-0.15, -0.1) is 0 Å². The third-order valence-electron chi connectivity index (χ3n) is 5.33. The molecule has 8 heteroatoms. The molecule has 0 spiro atoms. The number of rotatable bonds is 6. The maximum absolute atomic E-state index is 13.0. The van der Waals surface area contributed by atoms with E-state index in [-0.39, 0.29) is 23.4 Å². The van der Waals surface area contributed by atoms with Gasteiger partial charge in [0.25, 0.3) is 0 Å².